The summed E-state index contributed by atoms with van der Waals surface area (Å²) in [6.07, 6.45) is 1.50. The first-order valence-electron chi connectivity index (χ1n) is 0.930. The number of allylic oxidation sites excluding steroid dienone is 1. The second-order valence-electron chi connectivity index (χ2n) is 0.289. The summed E-state index contributed by atoms with van der Waals surface area (Å²) in [5.41, 5.74) is 0. The van der Waals surface area contributed by atoms with Crippen LogP contribution in [0.1, 0.15) is 0 Å². The molecule has 0 saturated carbocycles. The molecule has 0 N–H and O–H groups in total. The van der Waals surface area contributed by atoms with Crippen LogP contribution in [0, 0.1) is 6.92 Å². The Morgan fingerprint density at radius 3 is 1.44 bits per heavy atom. The maximum absolute atomic E-state index is 4.20. The maximum Gasteiger partial charge on any atom is 2.00 e. The van der Waals surface area contributed by atoms with Gasteiger partial charge < -0.3 is 29.4 Å². The molecule has 0 bridgehead atoms. The molecule has 0 amide bonds. The van der Waals surface area contributed by atoms with Gasteiger partial charge in [0, 0.05) is 0 Å². The zero-order valence-electron chi connectivity index (χ0n) is 5.13. The fourth-order valence-electron chi connectivity index (χ4n) is 0. The molecule has 0 atom stereocenters. The summed E-state index contributed by atoms with van der Waals surface area (Å²) < 4.78 is 0. The van der Waals surface area contributed by atoms with Crippen LogP contribution in [-0.2, 0) is 15.1 Å². The summed E-state index contributed by atoms with van der Waals surface area (Å²) in [7, 11) is 4.20. The molecular weight excluding hydrogens is 282 g/mol. The fraction of sp³-hybridized carbons (Fsp3) is 0. The van der Waals surface area contributed by atoms with Gasteiger partial charge in [-0.05, 0) is 0 Å². The first-order chi connectivity index (χ1) is 2.41. The minimum atomic E-state index is 0. The summed E-state index contributed by atoms with van der Waals surface area (Å²) in [6, 6.07) is 0. The van der Waals surface area contributed by atoms with Crippen LogP contribution >= 0.6 is 10.1 Å². The quantitative estimate of drug-likeness (QED) is 0.307. The van der Waals surface area contributed by atoms with Gasteiger partial charge in [0.05, 0.1) is 0 Å². The van der Waals surface area contributed by atoms with E-state index in [2.05, 4.69) is 38.7 Å². The zero-order valence-corrected chi connectivity index (χ0v) is 10.6. The maximum atomic E-state index is 4.20. The largest absolute Gasteiger partial charge is 2.00 e. The topological polar surface area (TPSA) is 0 Å². The predicted molar refractivity (Wildman–Crippen MR) is 27.2 cm³/mol. The Bertz CT molecular complexity index is 29.3. The van der Waals surface area contributed by atoms with Gasteiger partial charge in [-0.2, -0.15) is 0 Å². The van der Waals surface area contributed by atoms with Crippen molar-refractivity contribution in [2.75, 3.05) is 0 Å². The van der Waals surface area contributed by atoms with E-state index >= 15 is 0 Å². The normalized spacial score (nSPS) is 2.11. The second-order valence-corrected chi connectivity index (χ2v) is 0.289. The molecule has 0 aliphatic rings. The van der Waals surface area contributed by atoms with Gasteiger partial charge in [0.1, 0.15) is 0 Å². The molecule has 0 aromatic carbocycles. The third-order valence-corrected chi connectivity index (χ3v) is 0. The van der Waals surface area contributed by atoms with Crippen molar-refractivity contribution in [1.82, 2.24) is 0 Å². The number of hydrogen-bond donors (Lipinski definition) is 0. The van der Waals surface area contributed by atoms with Crippen molar-refractivity contribution in [1.29, 1.82) is 0 Å². The van der Waals surface area contributed by atoms with Crippen molar-refractivity contribution in [3.05, 3.63) is 19.6 Å². The molecule has 6 heteroatoms. The molecule has 0 rings (SSSR count). The van der Waals surface area contributed by atoms with Crippen molar-refractivity contribution < 1.29 is 63.4 Å². The molecule has 0 saturated heterocycles. The van der Waals surface area contributed by atoms with Gasteiger partial charge in [0.15, 0.2) is 0 Å². The van der Waals surface area contributed by atoms with Gasteiger partial charge in [-0.15, -0.1) is 0 Å². The van der Waals surface area contributed by atoms with E-state index in [0.29, 0.717) is 0 Å². The van der Waals surface area contributed by atoms with E-state index in [1.807, 2.05) is 0 Å². The van der Waals surface area contributed by atoms with Crippen molar-refractivity contribution in [3.8, 4) is 0 Å². The molecule has 0 aromatic heterocycles. The van der Waals surface area contributed by atoms with E-state index in [-0.39, 0.29) is 71.3 Å². The Morgan fingerprint density at radius 2 is 1.44 bits per heavy atom. The van der Waals surface area contributed by atoms with Crippen LogP contribution in [-0.4, -0.2) is 23.1 Å². The summed E-state index contributed by atoms with van der Waals surface area (Å²) >= 11 is 3.66. The van der Waals surface area contributed by atoms with Crippen molar-refractivity contribution in [2.45, 2.75) is 0 Å². The summed E-state index contributed by atoms with van der Waals surface area (Å²) in [6.45, 7) is 6.50. The average molecular weight is 287 g/mol. The standard InChI is InChI=1S/C3H5.BrH.2ClH.Cu.Li.Mg/c1-3-2;;;;;;/h3H,1-2H2;3*1H;;;/q-1;;;;2*+1;+2/p-3. The first kappa shape index (κ1) is 41.7. The van der Waals surface area contributed by atoms with Crippen LogP contribution in [0.15, 0.2) is 12.7 Å². The molecule has 0 spiro atoms. The van der Waals surface area contributed by atoms with Gasteiger partial charge in [-0.3, -0.25) is 0 Å². The second kappa shape index (κ2) is 76.3. The van der Waals surface area contributed by atoms with E-state index in [9.17, 15) is 0 Å². The Kier molecular flexibility index (Phi) is 354. The van der Waals surface area contributed by atoms with Gasteiger partial charge in [0.2, 0.25) is 0 Å². The third-order valence-electron chi connectivity index (χ3n) is 0. The zero-order chi connectivity index (χ0) is 4.71. The van der Waals surface area contributed by atoms with E-state index in [4.69, 9.17) is 0 Å². The fourth-order valence-corrected chi connectivity index (χ4v) is 0. The number of rotatable bonds is 0. The summed E-state index contributed by atoms with van der Waals surface area (Å²) in [5.74, 6) is 0. The minimum absolute atomic E-state index is 0. The Labute approximate surface area is 114 Å². The summed E-state index contributed by atoms with van der Waals surface area (Å²) in [5, 5.41) is 0. The van der Waals surface area contributed by atoms with Crippen LogP contribution in [0.3, 0.4) is 0 Å². The monoisotopic (exact) mass is 284 g/mol. The SMILES string of the molecule is C=C[CH2-].[Br-].[Cl-].[Cl][Cu].[Li+].[Mg+2]. The molecular formula is C3H5BrCl2CuLiMg. The van der Waals surface area contributed by atoms with Crippen molar-refractivity contribution in [2.24, 2.45) is 0 Å². The van der Waals surface area contributed by atoms with Crippen LogP contribution in [0.2, 0.25) is 0 Å². The van der Waals surface area contributed by atoms with E-state index in [0.717, 1.165) is 0 Å². The first-order valence-corrected chi connectivity index (χ1v) is 2.23. The van der Waals surface area contributed by atoms with Crippen LogP contribution in [0.4, 0.5) is 0 Å². The van der Waals surface area contributed by atoms with Crippen LogP contribution in [0.5, 0.6) is 0 Å². The average Bonchev–Trinajstić information content (AvgIpc) is 1.46. The van der Waals surface area contributed by atoms with Gasteiger partial charge in [-0.1, -0.05) is 0 Å². The molecule has 0 unspecified atom stereocenters. The van der Waals surface area contributed by atoms with E-state index in [1.165, 1.54) is 6.08 Å². The van der Waals surface area contributed by atoms with Crippen LogP contribution in [0.25, 0.3) is 0 Å². The van der Waals surface area contributed by atoms with Gasteiger partial charge >= 0.3 is 67.1 Å². The molecule has 0 aliphatic heterocycles. The molecule has 0 radical (unpaired) electrons. The molecule has 0 aliphatic carbocycles. The Hall–Kier alpha value is 2.55. The smallest absolute Gasteiger partial charge is 1.00 e. The molecule has 0 aromatic rings. The molecule has 9 heavy (non-hydrogen) atoms. The Balaban J connectivity index is -0.00000000357. The van der Waals surface area contributed by atoms with Crippen LogP contribution < -0.4 is 48.2 Å². The van der Waals surface area contributed by atoms with Crippen molar-refractivity contribution >= 4 is 33.2 Å². The molecule has 0 heterocycles. The van der Waals surface area contributed by atoms with Gasteiger partial charge in [0.25, 0.3) is 0 Å². The van der Waals surface area contributed by atoms with E-state index < -0.39 is 0 Å². The predicted octanol–water partition coefficient (Wildman–Crippen LogP) is -7.68. The van der Waals surface area contributed by atoms with Crippen molar-refractivity contribution in [3.63, 3.8) is 0 Å². The van der Waals surface area contributed by atoms with Gasteiger partial charge in [-0.25, -0.2) is 19.6 Å². The summed E-state index contributed by atoms with van der Waals surface area (Å²) in [4.78, 5) is 0. The molecule has 0 nitrogen and oxygen atoms in total. The minimum Gasteiger partial charge on any atom is 1.00 e. The molecule has 0 fully saturated rings. The van der Waals surface area contributed by atoms with E-state index in [1.54, 1.807) is 0 Å². The Morgan fingerprint density at radius 1 is 1.44 bits per heavy atom. The number of halogens is 3. The number of hydrogen-bond acceptors (Lipinski definition) is 0. The molecule has 52 valence electrons. The third kappa shape index (κ3) is 118.